The monoisotopic (exact) mass is 920 g/mol. The third kappa shape index (κ3) is 23.9. The number of alkyl carbamates (subject to hydrolysis) is 2. The summed E-state index contributed by atoms with van der Waals surface area (Å²) in [6.07, 6.45) is 3.11. The van der Waals surface area contributed by atoms with Crippen molar-refractivity contribution in [2.24, 2.45) is 5.92 Å². The molecule has 2 unspecified atom stereocenters. The molecule has 0 saturated carbocycles. The molecule has 0 aromatic heterocycles. The molecule has 0 spiro atoms. The van der Waals surface area contributed by atoms with Gasteiger partial charge in [-0.15, -0.1) is 0 Å². The number of rotatable bonds is 28. The molecule has 352 valence electrons. The molecule has 2 rings (SSSR count). The predicted octanol–water partition coefficient (Wildman–Crippen LogP) is -0.672. The van der Waals surface area contributed by atoms with Crippen LogP contribution in [0.15, 0.2) is 0 Å². The van der Waals surface area contributed by atoms with Crippen LogP contribution in [0.25, 0.3) is 0 Å². The largest absolute Gasteiger partial charge is 0.447 e. The smallest absolute Gasteiger partial charge is 0.407 e. The standard InChI is InChI=1S/C24H42N6O10.2C7H11NO2S/c1-3-27-23(36)39-14-19(15-40-24(37)28-4-2)38-11-5-6-20(33)18(12-21(34)29-9-7-25-16-31)13-22(35)30-10-8-26-17-32;2*1-3-8-6(9)4-5(11-2)7(8)10/h16-19H,3-15H2,1-2H3,(H,25,31)(H,26,32)(H,27,36)(H,28,37)(H,29,34)(H,30,35);2*5H,3-4H2,1-2H3. The molecule has 0 aliphatic carbocycles. The minimum absolute atomic E-state index is 0.00824. The van der Waals surface area contributed by atoms with E-state index >= 15 is 0 Å². The molecule has 0 aromatic rings. The molecule has 2 fully saturated rings. The van der Waals surface area contributed by atoms with Gasteiger partial charge in [-0.3, -0.25) is 53.0 Å². The van der Waals surface area contributed by atoms with E-state index in [1.54, 1.807) is 13.8 Å². The summed E-state index contributed by atoms with van der Waals surface area (Å²) in [6, 6.07) is 0. The maximum absolute atomic E-state index is 12.9. The second-order valence-electron chi connectivity index (χ2n) is 13.1. The van der Waals surface area contributed by atoms with E-state index in [0.29, 0.717) is 51.8 Å². The highest BCUT2D eigenvalue weighted by atomic mass is 32.2. The number of nitrogens with zero attached hydrogens (tertiary/aromatic N) is 2. The molecule has 22 nitrogen and oxygen atoms in total. The Kier molecular flexibility index (Phi) is 31.8. The SMILES string of the molecule is CCN1C(=O)CC(SC)C1=O.CCN1C(=O)CC(SC)C1=O.CCNC(=O)OCC(COC(=O)NCC)OCCCC(=O)C(CC(=O)NCCNC=O)CC(=O)NCCNC=O. The first-order chi connectivity index (χ1) is 29.7. The van der Waals surface area contributed by atoms with Crippen LogP contribution < -0.4 is 31.9 Å². The number of hydrogen-bond acceptors (Lipinski definition) is 16. The first-order valence-corrected chi connectivity index (χ1v) is 22.8. The molecule has 2 heterocycles. The van der Waals surface area contributed by atoms with E-state index in [9.17, 15) is 52.7 Å². The lowest BCUT2D eigenvalue weighted by Gasteiger charge is -2.19. The number of Topliss-reactive ketones (excluding diaryl/α,β-unsaturated/α-hetero) is 1. The lowest BCUT2D eigenvalue weighted by Crippen LogP contribution is -2.37. The molecule has 10 amide bonds. The minimum atomic E-state index is -0.906. The summed E-state index contributed by atoms with van der Waals surface area (Å²) in [5, 5.41) is 14.6. The summed E-state index contributed by atoms with van der Waals surface area (Å²) in [4.78, 5) is 129. The molecule has 24 heteroatoms. The molecule has 62 heavy (non-hydrogen) atoms. The van der Waals surface area contributed by atoms with E-state index in [2.05, 4.69) is 31.9 Å². The van der Waals surface area contributed by atoms with Gasteiger partial charge < -0.3 is 46.1 Å². The van der Waals surface area contributed by atoms with Gasteiger partial charge in [0.05, 0.1) is 10.5 Å². The van der Waals surface area contributed by atoms with Crippen molar-refractivity contribution in [2.45, 2.75) is 82.8 Å². The maximum atomic E-state index is 12.9. The van der Waals surface area contributed by atoms with Gasteiger partial charge in [0.2, 0.25) is 48.3 Å². The van der Waals surface area contributed by atoms with Gasteiger partial charge >= 0.3 is 12.2 Å². The summed E-state index contributed by atoms with van der Waals surface area (Å²) in [6.45, 7) is 9.24. The van der Waals surface area contributed by atoms with Crippen molar-refractivity contribution in [3.63, 3.8) is 0 Å². The highest BCUT2D eigenvalue weighted by Gasteiger charge is 2.37. The summed E-state index contributed by atoms with van der Waals surface area (Å²) >= 11 is 2.90. The van der Waals surface area contributed by atoms with Crippen molar-refractivity contribution in [3.05, 3.63) is 0 Å². The van der Waals surface area contributed by atoms with Crippen LogP contribution in [0.3, 0.4) is 0 Å². The Morgan fingerprint density at radius 2 is 1.10 bits per heavy atom. The average Bonchev–Trinajstić information content (AvgIpc) is 3.70. The van der Waals surface area contributed by atoms with Gasteiger partial charge in [-0.2, -0.15) is 23.5 Å². The number of ether oxygens (including phenoxy) is 3. The van der Waals surface area contributed by atoms with Gasteiger partial charge in [-0.05, 0) is 46.6 Å². The topological polar surface area (TPSA) is 294 Å². The Bertz CT molecular complexity index is 1380. The van der Waals surface area contributed by atoms with Gasteiger partial charge in [-0.1, -0.05) is 0 Å². The van der Waals surface area contributed by atoms with Crippen molar-refractivity contribution < 1.29 is 67.0 Å². The van der Waals surface area contributed by atoms with Gasteiger partial charge in [0, 0.05) is 97.0 Å². The average molecular weight is 921 g/mol. The zero-order valence-electron chi connectivity index (χ0n) is 36.4. The van der Waals surface area contributed by atoms with Crippen LogP contribution in [0.5, 0.6) is 0 Å². The van der Waals surface area contributed by atoms with Crippen LogP contribution in [-0.4, -0.2) is 177 Å². The highest BCUT2D eigenvalue weighted by Crippen LogP contribution is 2.23. The van der Waals surface area contributed by atoms with E-state index in [0.717, 1.165) is 0 Å². The Hall–Kier alpha value is -4.97. The van der Waals surface area contributed by atoms with Crippen molar-refractivity contribution in [3.8, 4) is 0 Å². The number of imide groups is 2. The Morgan fingerprint density at radius 3 is 1.42 bits per heavy atom. The fourth-order valence-electron chi connectivity index (χ4n) is 5.47. The number of thioether (sulfide) groups is 2. The molecule has 0 bridgehead atoms. The van der Waals surface area contributed by atoms with Crippen LogP contribution in [0.1, 0.15) is 66.2 Å². The van der Waals surface area contributed by atoms with Gasteiger partial charge in [0.25, 0.3) is 0 Å². The van der Waals surface area contributed by atoms with Crippen molar-refractivity contribution in [2.75, 3.05) is 84.7 Å². The van der Waals surface area contributed by atoms with Gasteiger partial charge in [0.15, 0.2) is 0 Å². The molecular weight excluding hydrogens is 857 g/mol. The van der Waals surface area contributed by atoms with Crippen molar-refractivity contribution in [1.82, 2.24) is 41.7 Å². The second kappa shape index (κ2) is 34.6. The molecule has 2 aliphatic heterocycles. The Labute approximate surface area is 370 Å². The van der Waals surface area contributed by atoms with E-state index in [1.165, 1.54) is 33.3 Å². The summed E-state index contributed by atoms with van der Waals surface area (Å²) in [5.74, 6) is -2.26. The van der Waals surface area contributed by atoms with E-state index in [1.807, 2.05) is 26.4 Å². The van der Waals surface area contributed by atoms with E-state index in [-0.39, 0.29) is 112 Å². The molecule has 2 aliphatic rings. The minimum Gasteiger partial charge on any atom is -0.447 e. The Morgan fingerprint density at radius 1 is 0.677 bits per heavy atom. The summed E-state index contributed by atoms with van der Waals surface area (Å²) in [5.41, 5.74) is 0. The van der Waals surface area contributed by atoms with Crippen LogP contribution in [0.4, 0.5) is 9.59 Å². The van der Waals surface area contributed by atoms with Gasteiger partial charge in [-0.25, -0.2) is 9.59 Å². The van der Waals surface area contributed by atoms with Gasteiger partial charge in [0.1, 0.15) is 25.1 Å². The molecule has 0 radical (unpaired) electrons. The summed E-state index contributed by atoms with van der Waals surface area (Å²) < 4.78 is 15.7. The molecular formula is C38H64N8O14S2. The van der Waals surface area contributed by atoms with Crippen LogP contribution in [0, 0.1) is 5.92 Å². The fraction of sp³-hybridized carbons (Fsp3) is 0.711. The molecule has 2 saturated heterocycles. The van der Waals surface area contributed by atoms with Crippen LogP contribution in [-0.2, 0) is 57.4 Å². The highest BCUT2D eigenvalue weighted by molar-refractivity contribution is 8.00. The Balaban J connectivity index is 0.00000134. The quantitative estimate of drug-likeness (QED) is 0.0322. The van der Waals surface area contributed by atoms with E-state index in [4.69, 9.17) is 14.2 Å². The molecule has 2 atom stereocenters. The van der Waals surface area contributed by atoms with Crippen molar-refractivity contribution >= 4 is 89.8 Å². The number of ketones is 1. The van der Waals surface area contributed by atoms with Crippen molar-refractivity contribution in [1.29, 1.82) is 0 Å². The normalized spacial score (nSPS) is 15.5. The number of carbonyl (C=O) groups excluding carboxylic acids is 11. The second-order valence-corrected chi connectivity index (χ2v) is 15.2. The number of hydrogen-bond donors (Lipinski definition) is 6. The third-order valence-electron chi connectivity index (χ3n) is 8.64. The van der Waals surface area contributed by atoms with Crippen LogP contribution in [0.2, 0.25) is 0 Å². The lowest BCUT2D eigenvalue weighted by atomic mass is 9.92. The number of amides is 10. The molecule has 0 aromatic carbocycles. The zero-order valence-corrected chi connectivity index (χ0v) is 38.0. The number of nitrogens with one attached hydrogen (secondary N) is 6. The fourth-order valence-corrected chi connectivity index (χ4v) is 6.75. The lowest BCUT2D eigenvalue weighted by molar-refractivity contribution is -0.139. The first-order valence-electron chi connectivity index (χ1n) is 20.2. The zero-order chi connectivity index (χ0) is 46.9. The number of likely N-dealkylation sites (tertiary alicyclic amines) is 2. The van der Waals surface area contributed by atoms with E-state index < -0.39 is 36.0 Å². The number of carbonyl (C=O) groups is 11. The maximum Gasteiger partial charge on any atom is 0.407 e. The van der Waals surface area contributed by atoms with Crippen LogP contribution >= 0.6 is 23.5 Å². The first kappa shape index (κ1) is 57.0. The summed E-state index contributed by atoms with van der Waals surface area (Å²) in [7, 11) is 0. The third-order valence-corrected chi connectivity index (χ3v) is 10.5. The predicted molar refractivity (Wildman–Crippen MR) is 230 cm³/mol. The molecule has 6 N–H and O–H groups in total.